The van der Waals surface area contributed by atoms with Gasteiger partial charge in [-0.2, -0.15) is 5.10 Å². The molecule has 34 heavy (non-hydrogen) atoms. The van der Waals surface area contributed by atoms with Gasteiger partial charge in [-0.1, -0.05) is 6.07 Å². The third kappa shape index (κ3) is 3.92. The molecule has 1 fully saturated rings. The van der Waals surface area contributed by atoms with Crippen molar-refractivity contribution in [3.05, 3.63) is 70.2 Å². The van der Waals surface area contributed by atoms with Crippen molar-refractivity contribution in [2.45, 2.75) is 50.2 Å². The van der Waals surface area contributed by atoms with Crippen LogP contribution >= 0.6 is 0 Å². The van der Waals surface area contributed by atoms with Crippen molar-refractivity contribution < 1.29 is 14.6 Å². The van der Waals surface area contributed by atoms with Crippen molar-refractivity contribution in [3.8, 4) is 0 Å². The van der Waals surface area contributed by atoms with E-state index in [4.69, 9.17) is 0 Å². The van der Waals surface area contributed by atoms with Crippen LogP contribution in [0.2, 0.25) is 0 Å². The molecule has 0 amide bonds. The fraction of sp³-hybridized carbons (Fsp3) is 0.417. The molecule has 4 aromatic rings. The lowest BCUT2D eigenvalue weighted by atomic mass is 9.85. The zero-order valence-corrected chi connectivity index (χ0v) is 19.1. The van der Waals surface area contributed by atoms with Gasteiger partial charge in [-0.05, 0) is 37.1 Å². The molecule has 10 heteroatoms. The standard InChI is InChI=1S/C24H29FN6O3/c1-29-20-10-14(17(25)11-21(20)30(2)24(29)34)12-26-18-6-7-19(23(33)22(18)32)27-13-16-5-3-4-15-8-9-28-31(15)16/h3-5,8-11,18-19,22-23,26-27,32-33H,6-7,12-13H2,1-2H3/t18-,19-,22-,23+/m1/s1. The van der Waals surface area contributed by atoms with Gasteiger partial charge in [-0.3, -0.25) is 9.13 Å². The molecule has 1 aromatic carbocycles. The summed E-state index contributed by atoms with van der Waals surface area (Å²) in [5, 5.41) is 32.3. The maximum absolute atomic E-state index is 14.7. The summed E-state index contributed by atoms with van der Waals surface area (Å²) in [6.45, 7) is 0.686. The molecule has 3 aromatic heterocycles. The predicted octanol–water partition coefficient (Wildman–Crippen LogP) is 0.796. The molecule has 1 aliphatic carbocycles. The van der Waals surface area contributed by atoms with E-state index in [9.17, 15) is 19.4 Å². The highest BCUT2D eigenvalue weighted by Gasteiger charge is 2.37. The second-order valence-electron chi connectivity index (χ2n) is 9.05. The molecule has 4 atom stereocenters. The third-order valence-electron chi connectivity index (χ3n) is 7.00. The number of halogens is 1. The van der Waals surface area contributed by atoms with Crippen LogP contribution in [0.4, 0.5) is 4.39 Å². The van der Waals surface area contributed by atoms with E-state index in [-0.39, 0.29) is 24.3 Å². The van der Waals surface area contributed by atoms with E-state index in [2.05, 4.69) is 15.7 Å². The SMILES string of the molecule is Cn1c(=O)n(C)c2cc(CN[C@@H]3CC[C@@H](NCc4cccc5ccnn45)[C@H](O)[C@@H]3O)c(F)cc21. The molecule has 0 aliphatic heterocycles. The fourth-order valence-electron chi connectivity index (χ4n) is 4.94. The van der Waals surface area contributed by atoms with E-state index in [1.54, 1.807) is 26.4 Å². The molecule has 9 nitrogen and oxygen atoms in total. The third-order valence-corrected chi connectivity index (χ3v) is 7.00. The van der Waals surface area contributed by atoms with Crippen molar-refractivity contribution in [2.75, 3.05) is 0 Å². The van der Waals surface area contributed by atoms with E-state index in [1.165, 1.54) is 15.2 Å². The maximum Gasteiger partial charge on any atom is 0.328 e. The van der Waals surface area contributed by atoms with Gasteiger partial charge >= 0.3 is 5.69 Å². The van der Waals surface area contributed by atoms with Crippen LogP contribution in [-0.4, -0.2) is 53.3 Å². The van der Waals surface area contributed by atoms with Crippen LogP contribution in [0, 0.1) is 5.82 Å². The van der Waals surface area contributed by atoms with Crippen molar-refractivity contribution in [3.63, 3.8) is 0 Å². The Hall–Kier alpha value is -3.05. The summed E-state index contributed by atoms with van der Waals surface area (Å²) >= 11 is 0. The Labute approximate surface area is 195 Å². The minimum absolute atomic E-state index is 0.179. The first-order valence-electron chi connectivity index (χ1n) is 11.4. The molecule has 1 aliphatic rings. The van der Waals surface area contributed by atoms with Crippen LogP contribution in [0.25, 0.3) is 16.6 Å². The molecular formula is C24H29FN6O3. The zero-order valence-electron chi connectivity index (χ0n) is 19.1. The van der Waals surface area contributed by atoms with Crippen LogP contribution in [0.5, 0.6) is 0 Å². The lowest BCUT2D eigenvalue weighted by Gasteiger charge is -2.38. The number of rotatable bonds is 6. The molecule has 180 valence electrons. The Balaban J connectivity index is 1.22. The van der Waals surface area contributed by atoms with Crippen LogP contribution in [0.15, 0.2) is 47.4 Å². The van der Waals surface area contributed by atoms with Gasteiger partial charge in [0, 0.05) is 57.1 Å². The second kappa shape index (κ2) is 8.95. The first-order chi connectivity index (χ1) is 16.3. The zero-order chi connectivity index (χ0) is 24.0. The molecular weight excluding hydrogens is 439 g/mol. The number of aliphatic hydroxyl groups excluding tert-OH is 2. The highest BCUT2D eigenvalue weighted by atomic mass is 19.1. The van der Waals surface area contributed by atoms with Crippen molar-refractivity contribution >= 4 is 16.6 Å². The first kappa shape index (κ1) is 22.7. The number of aliphatic hydroxyl groups is 2. The van der Waals surface area contributed by atoms with Gasteiger partial charge in [0.1, 0.15) is 5.82 Å². The molecule has 3 heterocycles. The molecule has 0 unspecified atom stereocenters. The summed E-state index contributed by atoms with van der Waals surface area (Å²) < 4.78 is 19.4. The Morgan fingerprint density at radius 1 is 1.00 bits per heavy atom. The number of fused-ring (bicyclic) bond motifs is 2. The molecule has 0 bridgehead atoms. The molecule has 1 saturated carbocycles. The predicted molar refractivity (Wildman–Crippen MR) is 126 cm³/mol. The number of benzene rings is 1. The van der Waals surface area contributed by atoms with Crippen molar-refractivity contribution in [2.24, 2.45) is 14.1 Å². The normalized spacial score (nSPS) is 23.2. The smallest absolute Gasteiger partial charge is 0.328 e. The minimum Gasteiger partial charge on any atom is -0.389 e. The number of imidazole rings is 1. The van der Waals surface area contributed by atoms with Crippen molar-refractivity contribution in [1.29, 1.82) is 0 Å². The monoisotopic (exact) mass is 468 g/mol. The van der Waals surface area contributed by atoms with Crippen LogP contribution in [0.3, 0.4) is 0 Å². The molecule has 0 spiro atoms. The number of pyridine rings is 1. The lowest BCUT2D eigenvalue weighted by Crippen LogP contribution is -2.58. The van der Waals surface area contributed by atoms with Gasteiger partial charge < -0.3 is 20.8 Å². The summed E-state index contributed by atoms with van der Waals surface area (Å²) in [6.07, 6.45) is 1.05. The van der Waals surface area contributed by atoms with Crippen LogP contribution in [-0.2, 0) is 27.2 Å². The molecule has 5 rings (SSSR count). The van der Waals surface area contributed by atoms with E-state index < -0.39 is 18.0 Å². The van der Waals surface area contributed by atoms with Gasteiger partial charge in [-0.25, -0.2) is 13.7 Å². The largest absolute Gasteiger partial charge is 0.389 e. The Morgan fingerprint density at radius 2 is 1.65 bits per heavy atom. The quantitative estimate of drug-likeness (QED) is 0.333. The summed E-state index contributed by atoms with van der Waals surface area (Å²) in [6, 6.07) is 10.2. The van der Waals surface area contributed by atoms with Crippen molar-refractivity contribution in [1.82, 2.24) is 29.4 Å². The maximum atomic E-state index is 14.7. The highest BCUT2D eigenvalue weighted by molar-refractivity contribution is 5.77. The average Bonchev–Trinajstić information content (AvgIpc) is 3.39. The average molecular weight is 469 g/mol. The lowest BCUT2D eigenvalue weighted by molar-refractivity contribution is -0.0489. The number of hydrogen-bond donors (Lipinski definition) is 4. The summed E-state index contributed by atoms with van der Waals surface area (Å²) in [7, 11) is 3.27. The van der Waals surface area contributed by atoms with E-state index in [0.717, 1.165) is 11.2 Å². The summed E-state index contributed by atoms with van der Waals surface area (Å²) in [5.41, 5.74) is 3.32. The van der Waals surface area contributed by atoms with Gasteiger partial charge in [0.15, 0.2) is 0 Å². The minimum atomic E-state index is -1.00. The van der Waals surface area contributed by atoms with E-state index in [0.29, 0.717) is 36.0 Å². The second-order valence-corrected chi connectivity index (χ2v) is 9.05. The Bertz CT molecular complexity index is 1390. The highest BCUT2D eigenvalue weighted by Crippen LogP contribution is 2.23. The number of aromatic nitrogens is 4. The number of nitrogens with zero attached hydrogens (tertiary/aromatic N) is 4. The fourth-order valence-corrected chi connectivity index (χ4v) is 4.94. The van der Waals surface area contributed by atoms with Gasteiger partial charge in [0.2, 0.25) is 0 Å². The molecule has 0 saturated heterocycles. The van der Waals surface area contributed by atoms with Gasteiger partial charge in [0.25, 0.3) is 0 Å². The van der Waals surface area contributed by atoms with Gasteiger partial charge in [0.05, 0.1) is 34.5 Å². The number of nitrogens with one attached hydrogen (secondary N) is 2. The molecule has 0 radical (unpaired) electrons. The topological polar surface area (TPSA) is 109 Å². The van der Waals surface area contributed by atoms with E-state index in [1.807, 2.05) is 28.8 Å². The number of aryl methyl sites for hydroxylation is 2. The molecule has 4 N–H and O–H groups in total. The van der Waals surface area contributed by atoms with E-state index >= 15 is 0 Å². The Morgan fingerprint density at radius 3 is 2.35 bits per heavy atom. The summed E-state index contributed by atoms with van der Waals surface area (Å²) in [4.78, 5) is 12.1. The van der Waals surface area contributed by atoms with Crippen LogP contribution in [0.1, 0.15) is 24.1 Å². The first-order valence-corrected chi connectivity index (χ1v) is 11.4. The number of hydrogen-bond acceptors (Lipinski definition) is 6. The summed E-state index contributed by atoms with van der Waals surface area (Å²) in [5.74, 6) is -0.417. The van der Waals surface area contributed by atoms with Crippen LogP contribution < -0.4 is 16.3 Å². The van der Waals surface area contributed by atoms with Gasteiger partial charge in [-0.15, -0.1) is 0 Å². The Kier molecular flexibility index (Phi) is 5.98.